The van der Waals surface area contributed by atoms with Gasteiger partial charge in [-0.2, -0.15) is 0 Å². The number of amides is 1. The van der Waals surface area contributed by atoms with E-state index in [1.54, 1.807) is 0 Å². The highest BCUT2D eigenvalue weighted by Gasteiger charge is 2.33. The van der Waals surface area contributed by atoms with Gasteiger partial charge < -0.3 is 10.6 Å². The van der Waals surface area contributed by atoms with Crippen LogP contribution in [0.5, 0.6) is 0 Å². The van der Waals surface area contributed by atoms with Crippen molar-refractivity contribution in [2.75, 3.05) is 13.1 Å². The monoisotopic (exact) mass is 355 g/mol. The Hall–Kier alpha value is -0.950. The van der Waals surface area contributed by atoms with Gasteiger partial charge in [0.2, 0.25) is 0 Å². The van der Waals surface area contributed by atoms with Crippen LogP contribution in [0, 0.1) is 12.8 Å². The van der Waals surface area contributed by atoms with Crippen molar-refractivity contribution in [2.24, 2.45) is 11.7 Å². The number of carbonyl (C=O) groups excluding carboxylic acids is 1. The molecule has 0 aromatic carbocycles. The van der Waals surface area contributed by atoms with Gasteiger partial charge in [-0.05, 0) is 44.9 Å². The molecule has 0 radical (unpaired) electrons. The van der Waals surface area contributed by atoms with Crippen LogP contribution in [0.15, 0.2) is 12.1 Å². The fourth-order valence-electron chi connectivity index (χ4n) is 2.86. The van der Waals surface area contributed by atoms with Gasteiger partial charge in [0, 0.05) is 12.6 Å². The Morgan fingerprint density at radius 2 is 2.27 bits per heavy atom. The first-order valence-electron chi connectivity index (χ1n) is 7.23. The maximum absolute atomic E-state index is 12.8. The van der Waals surface area contributed by atoms with E-state index >= 15 is 0 Å². The molecule has 2 aromatic rings. The number of halogens is 1. The number of likely N-dealkylation sites (tertiary alicyclic amines) is 1. The van der Waals surface area contributed by atoms with Gasteiger partial charge in [-0.3, -0.25) is 4.79 Å². The van der Waals surface area contributed by atoms with Crippen LogP contribution in [0.1, 0.15) is 28.7 Å². The molecule has 1 fully saturated rings. The first-order valence-corrected chi connectivity index (χ1v) is 9.25. The summed E-state index contributed by atoms with van der Waals surface area (Å²) in [5, 5.41) is 0.861. The topological polar surface area (TPSA) is 59.2 Å². The number of hydrogen-bond acceptors (Lipinski definition) is 5. The van der Waals surface area contributed by atoms with Gasteiger partial charge in [-0.25, -0.2) is 4.98 Å². The standard InChI is InChI=1S/C15H18ClN3OS2/c1-8-5-10(6-17)7-19(8)15(20)13-9(2)18-14(22-13)11-3-4-12(16)21-11/h3-4,8,10H,5-7,17H2,1-2H3. The fraction of sp³-hybridized carbons (Fsp3) is 0.467. The van der Waals surface area contributed by atoms with Crippen LogP contribution in [0.2, 0.25) is 4.34 Å². The Bertz CT molecular complexity index is 697. The second-order valence-electron chi connectivity index (χ2n) is 5.68. The number of rotatable bonds is 3. The van der Waals surface area contributed by atoms with Crippen LogP contribution >= 0.6 is 34.3 Å². The minimum Gasteiger partial charge on any atom is -0.335 e. The van der Waals surface area contributed by atoms with E-state index in [2.05, 4.69) is 11.9 Å². The van der Waals surface area contributed by atoms with E-state index in [9.17, 15) is 4.79 Å². The van der Waals surface area contributed by atoms with Gasteiger partial charge in [-0.1, -0.05) is 11.6 Å². The zero-order chi connectivity index (χ0) is 15.9. The largest absolute Gasteiger partial charge is 0.335 e. The van der Waals surface area contributed by atoms with Gasteiger partial charge in [0.15, 0.2) is 0 Å². The highest BCUT2D eigenvalue weighted by molar-refractivity contribution is 7.24. The normalized spacial score (nSPS) is 21.5. The molecule has 0 spiro atoms. The number of aromatic nitrogens is 1. The number of nitrogens with two attached hydrogens (primary N) is 1. The second kappa shape index (κ2) is 6.28. The maximum atomic E-state index is 12.8. The third kappa shape index (κ3) is 2.93. The Labute approximate surface area is 142 Å². The molecule has 1 aliphatic heterocycles. The third-order valence-electron chi connectivity index (χ3n) is 4.03. The molecule has 118 valence electrons. The van der Waals surface area contributed by atoms with E-state index in [0.29, 0.717) is 12.5 Å². The number of nitrogens with zero attached hydrogens (tertiary/aromatic N) is 2. The van der Waals surface area contributed by atoms with Crippen molar-refractivity contribution in [3.63, 3.8) is 0 Å². The average molecular weight is 356 g/mol. The molecule has 22 heavy (non-hydrogen) atoms. The number of thiophene rings is 1. The van der Waals surface area contributed by atoms with E-state index in [1.807, 2.05) is 24.0 Å². The lowest BCUT2D eigenvalue weighted by Gasteiger charge is -2.20. The SMILES string of the molecule is Cc1nc(-c2ccc(Cl)s2)sc1C(=O)N1CC(CN)CC1C. The second-order valence-corrected chi connectivity index (χ2v) is 8.40. The number of hydrogen-bond donors (Lipinski definition) is 1. The molecule has 3 rings (SSSR count). The van der Waals surface area contributed by atoms with Crippen molar-refractivity contribution in [1.82, 2.24) is 9.88 Å². The molecule has 0 aliphatic carbocycles. The highest BCUT2D eigenvalue weighted by Crippen LogP contribution is 2.36. The molecule has 0 saturated carbocycles. The van der Waals surface area contributed by atoms with Crippen LogP contribution < -0.4 is 5.73 Å². The minimum absolute atomic E-state index is 0.0763. The Balaban J connectivity index is 1.86. The molecule has 2 unspecified atom stereocenters. The summed E-state index contributed by atoms with van der Waals surface area (Å²) in [5.74, 6) is 0.482. The average Bonchev–Trinajstić information content (AvgIpc) is 3.17. The molecule has 2 atom stereocenters. The first-order chi connectivity index (χ1) is 10.5. The molecule has 1 amide bonds. The van der Waals surface area contributed by atoms with E-state index in [0.717, 1.165) is 37.8 Å². The smallest absolute Gasteiger partial charge is 0.266 e. The molecule has 1 saturated heterocycles. The summed E-state index contributed by atoms with van der Waals surface area (Å²) >= 11 is 8.92. The summed E-state index contributed by atoms with van der Waals surface area (Å²) in [6.07, 6.45) is 0.980. The molecule has 2 N–H and O–H groups in total. The van der Waals surface area contributed by atoms with Crippen LogP contribution in [0.4, 0.5) is 0 Å². The fourth-order valence-corrected chi connectivity index (χ4v) is 4.98. The molecular formula is C15H18ClN3OS2. The summed E-state index contributed by atoms with van der Waals surface area (Å²) in [7, 11) is 0. The van der Waals surface area contributed by atoms with Gasteiger partial charge in [-0.15, -0.1) is 22.7 Å². The van der Waals surface area contributed by atoms with Crippen molar-refractivity contribution in [3.8, 4) is 9.88 Å². The van der Waals surface area contributed by atoms with E-state index in [4.69, 9.17) is 17.3 Å². The van der Waals surface area contributed by atoms with Gasteiger partial charge >= 0.3 is 0 Å². The van der Waals surface area contributed by atoms with E-state index < -0.39 is 0 Å². The van der Waals surface area contributed by atoms with Crippen LogP contribution in [0.3, 0.4) is 0 Å². The van der Waals surface area contributed by atoms with Crippen molar-refractivity contribution in [2.45, 2.75) is 26.3 Å². The number of aryl methyl sites for hydroxylation is 1. The summed E-state index contributed by atoms with van der Waals surface area (Å²) in [6, 6.07) is 4.04. The van der Waals surface area contributed by atoms with Crippen LogP contribution in [-0.4, -0.2) is 34.9 Å². The lowest BCUT2D eigenvalue weighted by atomic mass is 10.1. The summed E-state index contributed by atoms with van der Waals surface area (Å²) < 4.78 is 0.731. The van der Waals surface area contributed by atoms with Crippen LogP contribution in [-0.2, 0) is 0 Å². The first kappa shape index (κ1) is 15.9. The molecule has 7 heteroatoms. The summed E-state index contributed by atoms with van der Waals surface area (Å²) in [6.45, 7) is 5.36. The minimum atomic E-state index is 0.0763. The summed E-state index contributed by atoms with van der Waals surface area (Å²) in [5.41, 5.74) is 6.54. The van der Waals surface area contributed by atoms with E-state index in [1.165, 1.54) is 22.7 Å². The molecule has 3 heterocycles. The van der Waals surface area contributed by atoms with Crippen LogP contribution in [0.25, 0.3) is 9.88 Å². The van der Waals surface area contributed by atoms with Gasteiger partial charge in [0.05, 0.1) is 14.9 Å². The predicted molar refractivity (Wildman–Crippen MR) is 92.8 cm³/mol. The molecule has 0 bridgehead atoms. The highest BCUT2D eigenvalue weighted by atomic mass is 35.5. The summed E-state index contributed by atoms with van der Waals surface area (Å²) in [4.78, 5) is 21.0. The van der Waals surface area contributed by atoms with Crippen molar-refractivity contribution in [3.05, 3.63) is 27.0 Å². The van der Waals surface area contributed by atoms with Gasteiger partial charge in [0.25, 0.3) is 5.91 Å². The van der Waals surface area contributed by atoms with E-state index in [-0.39, 0.29) is 11.9 Å². The zero-order valence-electron chi connectivity index (χ0n) is 12.5. The Kier molecular flexibility index (Phi) is 4.54. The molecule has 2 aromatic heterocycles. The lowest BCUT2D eigenvalue weighted by Crippen LogP contribution is -2.34. The van der Waals surface area contributed by atoms with Crippen molar-refractivity contribution >= 4 is 40.2 Å². The Morgan fingerprint density at radius 1 is 1.50 bits per heavy atom. The third-order valence-corrected chi connectivity index (χ3v) is 6.58. The van der Waals surface area contributed by atoms with Crippen molar-refractivity contribution in [1.29, 1.82) is 0 Å². The molecule has 1 aliphatic rings. The molecular weight excluding hydrogens is 338 g/mol. The number of thiazole rings is 1. The zero-order valence-corrected chi connectivity index (χ0v) is 14.9. The van der Waals surface area contributed by atoms with Crippen molar-refractivity contribution < 1.29 is 4.79 Å². The molecule has 4 nitrogen and oxygen atoms in total. The maximum Gasteiger partial charge on any atom is 0.266 e. The Morgan fingerprint density at radius 3 is 2.86 bits per heavy atom. The quantitative estimate of drug-likeness (QED) is 0.914. The predicted octanol–water partition coefficient (Wildman–Crippen LogP) is 3.64. The lowest BCUT2D eigenvalue weighted by molar-refractivity contribution is 0.0747. The van der Waals surface area contributed by atoms with Gasteiger partial charge in [0.1, 0.15) is 9.88 Å². The number of carbonyl (C=O) groups is 1.